The number of hydrogen-bond acceptors (Lipinski definition) is 7. The van der Waals surface area contributed by atoms with Crippen LogP contribution < -0.4 is 20.7 Å². The fourth-order valence-electron chi connectivity index (χ4n) is 4.05. The van der Waals surface area contributed by atoms with E-state index in [1.165, 1.54) is 20.3 Å². The van der Waals surface area contributed by atoms with E-state index in [2.05, 4.69) is 34.1 Å². The number of pyridine rings is 1. The van der Waals surface area contributed by atoms with Crippen molar-refractivity contribution >= 4 is 29.5 Å². The molecule has 3 atom stereocenters. The molecule has 3 rings (SSSR count). The summed E-state index contributed by atoms with van der Waals surface area (Å²) in [4.78, 5) is 42.0. The summed E-state index contributed by atoms with van der Waals surface area (Å²) in [6, 6.07) is 8.63. The summed E-state index contributed by atoms with van der Waals surface area (Å²) in [5, 5.41) is 8.50. The molecule has 1 aromatic carbocycles. The van der Waals surface area contributed by atoms with Crippen LogP contribution in [0.3, 0.4) is 0 Å². The average Bonchev–Trinajstić information content (AvgIpc) is 3.60. The third-order valence-corrected chi connectivity index (χ3v) is 6.28. The number of nitrogens with one attached hydrogen (secondary N) is 3. The van der Waals surface area contributed by atoms with Gasteiger partial charge in [0.1, 0.15) is 5.60 Å². The first-order valence-corrected chi connectivity index (χ1v) is 12.5. The topological polar surface area (TPSA) is 128 Å². The Hall–Kier alpha value is -4.34. The summed E-state index contributed by atoms with van der Waals surface area (Å²) >= 11 is 0. The van der Waals surface area contributed by atoms with Crippen molar-refractivity contribution in [2.24, 2.45) is 11.8 Å². The van der Waals surface area contributed by atoms with Gasteiger partial charge in [-0.05, 0) is 51.0 Å². The van der Waals surface area contributed by atoms with Crippen LogP contribution in [-0.4, -0.2) is 42.9 Å². The highest BCUT2D eigenvalue weighted by molar-refractivity contribution is 5.99. The van der Waals surface area contributed by atoms with Crippen LogP contribution in [0.2, 0.25) is 0 Å². The lowest BCUT2D eigenvalue weighted by Crippen LogP contribution is -2.40. The average molecular weight is 537 g/mol. The molecule has 208 valence electrons. The molecule has 10 nitrogen and oxygen atoms in total. The Bertz CT molecular complexity index is 1290. The highest BCUT2D eigenvalue weighted by Crippen LogP contribution is 2.53. The van der Waals surface area contributed by atoms with Crippen molar-refractivity contribution in [2.45, 2.75) is 45.3 Å². The third kappa shape index (κ3) is 6.95. The molecular formula is C29H36N4O6. The summed E-state index contributed by atoms with van der Waals surface area (Å²) in [5.41, 5.74) is 1.22. The highest BCUT2D eigenvalue weighted by atomic mass is 16.6. The normalized spacial score (nSPS) is 18.7. The Morgan fingerprint density at radius 2 is 1.82 bits per heavy atom. The van der Waals surface area contributed by atoms with Gasteiger partial charge in [-0.25, -0.2) is 14.6 Å². The molecule has 0 radical (unpaired) electrons. The molecule has 1 saturated carbocycles. The molecule has 1 aliphatic carbocycles. The number of nitrogens with zero attached hydrogens (tertiary/aromatic N) is 1. The number of aromatic nitrogens is 1. The predicted octanol–water partition coefficient (Wildman–Crippen LogP) is 5.62. The fraction of sp³-hybridized carbons (Fsp3) is 0.379. The van der Waals surface area contributed by atoms with E-state index in [-0.39, 0.29) is 11.8 Å². The standard InChI is InChI=1S/C29H36N4O6/c1-9-17(3)25(34)31-22-15-20(30-26(35)38-8)11-12-21(22)18-13-23(32-24(14-18)37-7)29(16-19(29)10-2)33-27(36)39-28(4,5)6/h9-15,17,19H,1-2,16H2,3-8H3,(H,30,35)(H,31,34)(H,33,36). The number of anilines is 2. The Morgan fingerprint density at radius 3 is 2.38 bits per heavy atom. The van der Waals surface area contributed by atoms with Gasteiger partial charge < -0.3 is 24.8 Å². The zero-order chi connectivity index (χ0) is 29.0. The van der Waals surface area contributed by atoms with Crippen molar-refractivity contribution in [1.82, 2.24) is 10.3 Å². The van der Waals surface area contributed by atoms with Crippen molar-refractivity contribution < 1.29 is 28.6 Å². The summed E-state index contributed by atoms with van der Waals surface area (Å²) in [7, 11) is 2.76. The SMILES string of the molecule is C=CC(C)C(=O)Nc1cc(NC(=O)OC)ccc1-c1cc(OC)nc(C2(NC(=O)OC(C)(C)C)CC2C=C)c1. The zero-order valence-corrected chi connectivity index (χ0v) is 23.2. The van der Waals surface area contributed by atoms with Gasteiger partial charge in [-0.3, -0.25) is 10.1 Å². The van der Waals surface area contributed by atoms with Crippen LogP contribution in [-0.2, 0) is 19.8 Å². The van der Waals surface area contributed by atoms with Gasteiger partial charge in [0, 0.05) is 23.2 Å². The van der Waals surface area contributed by atoms with E-state index in [1.54, 1.807) is 58.0 Å². The van der Waals surface area contributed by atoms with E-state index in [1.807, 2.05) is 6.07 Å². The maximum absolute atomic E-state index is 12.8. The first-order chi connectivity index (χ1) is 18.3. The first kappa shape index (κ1) is 29.2. The molecular weight excluding hydrogens is 500 g/mol. The lowest BCUT2D eigenvalue weighted by molar-refractivity contribution is -0.118. The van der Waals surface area contributed by atoms with E-state index < -0.39 is 29.2 Å². The molecule has 39 heavy (non-hydrogen) atoms. The van der Waals surface area contributed by atoms with Crippen molar-refractivity contribution in [1.29, 1.82) is 0 Å². The second-order valence-corrected chi connectivity index (χ2v) is 10.3. The molecule has 3 amide bonds. The number of hydrogen-bond donors (Lipinski definition) is 3. The van der Waals surface area contributed by atoms with E-state index in [0.29, 0.717) is 40.5 Å². The van der Waals surface area contributed by atoms with Gasteiger partial charge in [0.2, 0.25) is 11.8 Å². The summed E-state index contributed by atoms with van der Waals surface area (Å²) in [5.74, 6) is -0.494. The molecule has 3 N–H and O–H groups in total. The number of rotatable bonds is 9. The lowest BCUT2D eigenvalue weighted by atomic mass is 9.99. The molecule has 0 saturated heterocycles. The monoisotopic (exact) mass is 536 g/mol. The molecule has 0 aliphatic heterocycles. The molecule has 1 aromatic heterocycles. The van der Waals surface area contributed by atoms with Gasteiger partial charge >= 0.3 is 12.2 Å². The van der Waals surface area contributed by atoms with Gasteiger partial charge in [-0.15, -0.1) is 13.2 Å². The second kappa shape index (κ2) is 11.6. The van der Waals surface area contributed by atoms with Crippen molar-refractivity contribution in [2.75, 3.05) is 24.9 Å². The maximum atomic E-state index is 12.8. The van der Waals surface area contributed by atoms with Crippen LogP contribution in [0.5, 0.6) is 5.88 Å². The Morgan fingerprint density at radius 1 is 1.10 bits per heavy atom. The van der Waals surface area contributed by atoms with E-state index in [0.717, 1.165) is 0 Å². The highest BCUT2D eigenvalue weighted by Gasteiger charge is 2.57. The third-order valence-electron chi connectivity index (χ3n) is 6.28. The van der Waals surface area contributed by atoms with Gasteiger partial charge in [-0.2, -0.15) is 0 Å². The fourth-order valence-corrected chi connectivity index (χ4v) is 4.05. The zero-order valence-electron chi connectivity index (χ0n) is 23.2. The van der Waals surface area contributed by atoms with Crippen LogP contribution in [0.1, 0.15) is 39.8 Å². The summed E-state index contributed by atoms with van der Waals surface area (Å²) in [6.07, 6.45) is 2.67. The number of ether oxygens (including phenoxy) is 3. The first-order valence-electron chi connectivity index (χ1n) is 12.5. The lowest BCUT2D eigenvalue weighted by Gasteiger charge is -2.24. The number of alkyl carbamates (subject to hydrolysis) is 1. The minimum absolute atomic E-state index is 0.0725. The number of methoxy groups -OCH3 is 2. The Kier molecular flexibility index (Phi) is 8.68. The van der Waals surface area contributed by atoms with Crippen LogP contribution in [0.15, 0.2) is 55.6 Å². The molecule has 1 fully saturated rings. The van der Waals surface area contributed by atoms with Crippen LogP contribution in [0.4, 0.5) is 21.0 Å². The minimum Gasteiger partial charge on any atom is -0.481 e. The number of carbonyl (C=O) groups excluding carboxylic acids is 3. The minimum atomic E-state index is -0.833. The maximum Gasteiger partial charge on any atom is 0.411 e. The van der Waals surface area contributed by atoms with E-state index in [9.17, 15) is 14.4 Å². The number of benzene rings is 1. The number of amides is 3. The van der Waals surface area contributed by atoms with Crippen molar-refractivity contribution in [3.05, 3.63) is 61.3 Å². The molecule has 2 aromatic rings. The predicted molar refractivity (Wildman–Crippen MR) is 150 cm³/mol. The van der Waals surface area contributed by atoms with Gasteiger partial charge in [0.25, 0.3) is 0 Å². The number of carbonyl (C=O) groups is 3. The van der Waals surface area contributed by atoms with Gasteiger partial charge in [-0.1, -0.05) is 25.1 Å². The van der Waals surface area contributed by atoms with Crippen molar-refractivity contribution in [3.8, 4) is 17.0 Å². The molecule has 0 bridgehead atoms. The summed E-state index contributed by atoms with van der Waals surface area (Å²) in [6.45, 7) is 14.7. The smallest absolute Gasteiger partial charge is 0.411 e. The van der Waals surface area contributed by atoms with Crippen LogP contribution in [0, 0.1) is 11.8 Å². The van der Waals surface area contributed by atoms with Crippen LogP contribution >= 0.6 is 0 Å². The Labute approximate surface area is 228 Å². The molecule has 1 heterocycles. The quantitative estimate of drug-likeness (QED) is 0.355. The molecule has 10 heteroatoms. The molecule has 1 aliphatic rings. The summed E-state index contributed by atoms with van der Waals surface area (Å²) < 4.78 is 15.7. The van der Waals surface area contributed by atoms with Crippen molar-refractivity contribution in [3.63, 3.8) is 0 Å². The second-order valence-electron chi connectivity index (χ2n) is 10.3. The van der Waals surface area contributed by atoms with Gasteiger partial charge in [0.15, 0.2) is 0 Å². The molecule has 3 unspecified atom stereocenters. The Balaban J connectivity index is 2.10. The van der Waals surface area contributed by atoms with Gasteiger partial charge in [0.05, 0.1) is 37.1 Å². The van der Waals surface area contributed by atoms with Crippen LogP contribution in [0.25, 0.3) is 11.1 Å². The largest absolute Gasteiger partial charge is 0.481 e. The van der Waals surface area contributed by atoms with E-state index >= 15 is 0 Å². The van der Waals surface area contributed by atoms with E-state index in [4.69, 9.17) is 14.2 Å². The molecule has 0 spiro atoms.